The Morgan fingerprint density at radius 3 is 0.667 bits per heavy atom. The summed E-state index contributed by atoms with van der Waals surface area (Å²) in [6.45, 7) is 0. The van der Waals surface area contributed by atoms with Gasteiger partial charge in [0.15, 0.2) is 17.4 Å². The molecule has 0 nitrogen and oxygen atoms in total. The Labute approximate surface area is 99.6 Å². The molecule has 0 atom stereocenters. The first-order valence-corrected chi connectivity index (χ1v) is 0. The minimum Gasteiger partial charge on any atom is 0 e. The minimum atomic E-state index is 0. The predicted molar refractivity (Wildman–Crippen MR) is 9.94 cm³/mol. The van der Waals surface area contributed by atoms with Crippen LogP contribution in [0.5, 0.6) is 0 Å². The number of rotatable bonds is 0. The fourth-order valence-corrected chi connectivity index (χ4v) is 0. The third-order valence-electron chi connectivity index (χ3n) is 0. The van der Waals surface area contributed by atoms with Gasteiger partial charge in [0.1, 0.15) is 0 Å². The van der Waals surface area contributed by atoms with Gasteiger partial charge in [-0.15, -0.1) is 0 Å². The summed E-state index contributed by atoms with van der Waals surface area (Å²) >= 11 is 0. The Morgan fingerprint density at radius 1 is 0.667 bits per heavy atom. The summed E-state index contributed by atoms with van der Waals surface area (Å²) in [5.74, 6) is 0. The van der Waals surface area contributed by atoms with E-state index in [2.05, 4.69) is 0 Å². The Morgan fingerprint density at radius 2 is 0.667 bits per heavy atom. The van der Waals surface area contributed by atoms with Gasteiger partial charge in [0.25, 0.3) is 0 Å². The molecule has 0 amide bonds. The van der Waals surface area contributed by atoms with E-state index in [4.69, 9.17) is 0 Å². The fraction of sp³-hybridized carbons (Fsp3) is 0. The summed E-state index contributed by atoms with van der Waals surface area (Å²) in [7, 11) is 0. The smallest absolute Gasteiger partial charge is 0 e. The summed E-state index contributed by atoms with van der Waals surface area (Å²) < 4.78 is 0. The van der Waals surface area contributed by atoms with Gasteiger partial charge in [0.2, 0.25) is 0 Å². The normalized spacial score (nSPS) is 0. The maximum atomic E-state index is 0. The molecule has 0 heterocycles. The second-order valence-corrected chi connectivity index (χ2v) is 0. The molecule has 0 unspecified atom stereocenters. The molecule has 0 aromatic heterocycles. The van der Waals surface area contributed by atoms with E-state index in [0.717, 1.165) is 0 Å². The molecular formula is H3AlCo2MnNi2. The second kappa shape index (κ2) is 43.0. The second-order valence-electron chi connectivity index (χ2n) is 0. The van der Waals surface area contributed by atoms with Gasteiger partial charge >= 0.3 is 0 Å². The van der Waals surface area contributed by atoms with Crippen LogP contribution < -0.4 is 0 Å². The van der Waals surface area contributed by atoms with E-state index < -0.39 is 0 Å². The minimum absolute atomic E-state index is 0. The largest absolute Gasteiger partial charge is 0.187 e. The fourth-order valence-electron chi connectivity index (χ4n) is 0. The van der Waals surface area contributed by atoms with E-state index in [0.29, 0.717) is 0 Å². The molecule has 0 N–H and O–H groups in total. The van der Waals surface area contributed by atoms with Gasteiger partial charge in [-0.3, -0.25) is 0 Å². The molecule has 0 rings (SSSR count). The Balaban J connectivity index is 0. The molecular weight excluding hydrogens is 317 g/mol. The molecule has 0 saturated carbocycles. The van der Waals surface area contributed by atoms with Crippen LogP contribution in [-0.4, -0.2) is 17.4 Å². The molecule has 0 spiro atoms. The van der Waals surface area contributed by atoms with E-state index in [1.165, 1.54) is 0 Å². The monoisotopic (exact) mass is 319 g/mol. The van der Waals surface area contributed by atoms with Crippen LogP contribution in [0.15, 0.2) is 0 Å². The van der Waals surface area contributed by atoms with Crippen LogP contribution in [-0.2, 0) is 83.6 Å². The van der Waals surface area contributed by atoms with Gasteiger partial charge < -0.3 is 0 Å². The summed E-state index contributed by atoms with van der Waals surface area (Å²) in [6, 6.07) is 0. The molecule has 0 aliphatic heterocycles. The first kappa shape index (κ1) is 63.0. The van der Waals surface area contributed by atoms with E-state index in [1.54, 1.807) is 0 Å². The van der Waals surface area contributed by atoms with Gasteiger partial charge in [-0.2, -0.15) is 0 Å². The standard InChI is InChI=1S/Al.2Co.Mn.2Ni.3H. The van der Waals surface area contributed by atoms with Crippen molar-refractivity contribution in [2.45, 2.75) is 0 Å². The van der Waals surface area contributed by atoms with Crippen molar-refractivity contribution in [3.8, 4) is 0 Å². The maximum absolute atomic E-state index is 0. The number of hydrogen-bond donors (Lipinski definition) is 0. The SMILES string of the molecule is [AlH3].[Co].[Co].[Mn].[Ni].[Ni]. The van der Waals surface area contributed by atoms with Crippen LogP contribution in [0.4, 0.5) is 0 Å². The number of hydrogen-bond acceptors (Lipinski definition) is 0. The van der Waals surface area contributed by atoms with Crippen molar-refractivity contribution in [2.24, 2.45) is 0 Å². The van der Waals surface area contributed by atoms with Gasteiger partial charge in [-0.25, -0.2) is 0 Å². The van der Waals surface area contributed by atoms with Crippen LogP contribution in [0.2, 0.25) is 0 Å². The average molecular weight is 320 g/mol. The van der Waals surface area contributed by atoms with Gasteiger partial charge in [-0.1, -0.05) is 0 Å². The van der Waals surface area contributed by atoms with Crippen molar-refractivity contribution in [3.05, 3.63) is 0 Å². The quantitative estimate of drug-likeness (QED) is 0.492. The molecule has 6 heavy (non-hydrogen) atoms. The third-order valence-corrected chi connectivity index (χ3v) is 0. The van der Waals surface area contributed by atoms with Gasteiger partial charge in [0, 0.05) is 83.6 Å². The van der Waals surface area contributed by atoms with E-state index >= 15 is 0 Å². The molecule has 51 valence electrons. The van der Waals surface area contributed by atoms with E-state index in [1.807, 2.05) is 0 Å². The zero-order valence-corrected chi connectivity index (χ0v) is 6.91. The van der Waals surface area contributed by atoms with Gasteiger partial charge in [0.05, 0.1) is 0 Å². The van der Waals surface area contributed by atoms with Crippen LogP contribution in [0.25, 0.3) is 0 Å². The first-order valence-electron chi connectivity index (χ1n) is 0. The van der Waals surface area contributed by atoms with Crippen molar-refractivity contribution in [1.82, 2.24) is 0 Å². The maximum Gasteiger partial charge on any atom is 0.187 e. The van der Waals surface area contributed by atoms with Crippen molar-refractivity contribution < 1.29 is 83.6 Å². The summed E-state index contributed by atoms with van der Waals surface area (Å²) in [5, 5.41) is 0. The predicted octanol–water partition coefficient (Wildman–Crippen LogP) is -1.20. The van der Waals surface area contributed by atoms with Crippen LogP contribution in [0, 0.1) is 0 Å². The topological polar surface area (TPSA) is 0 Å². The molecule has 0 aliphatic carbocycles. The molecule has 6 heteroatoms. The van der Waals surface area contributed by atoms with Crippen LogP contribution in [0.1, 0.15) is 0 Å². The summed E-state index contributed by atoms with van der Waals surface area (Å²) in [5.41, 5.74) is 0. The van der Waals surface area contributed by atoms with E-state index in [-0.39, 0.29) is 101 Å². The zero-order valence-electron chi connectivity index (χ0n) is 1.68. The summed E-state index contributed by atoms with van der Waals surface area (Å²) in [6.07, 6.45) is 0. The molecule has 0 aromatic carbocycles. The molecule has 0 saturated heterocycles. The molecule has 0 bridgehead atoms. The first-order chi connectivity index (χ1) is 0. The molecule has 3 radical (unpaired) electrons. The molecule has 0 fully saturated rings. The molecule has 0 aromatic rings. The van der Waals surface area contributed by atoms with Crippen molar-refractivity contribution in [1.29, 1.82) is 0 Å². The Kier molecular flexibility index (Phi) is 451. The Hall–Kier alpha value is 3.05. The molecule has 0 aliphatic rings. The van der Waals surface area contributed by atoms with Crippen molar-refractivity contribution in [3.63, 3.8) is 0 Å². The Bertz CT molecular complexity index is 11.5. The zero-order chi connectivity index (χ0) is 0. The van der Waals surface area contributed by atoms with E-state index in [9.17, 15) is 0 Å². The van der Waals surface area contributed by atoms with Crippen LogP contribution >= 0.6 is 0 Å². The van der Waals surface area contributed by atoms with Crippen LogP contribution in [0.3, 0.4) is 0 Å². The van der Waals surface area contributed by atoms with Crippen molar-refractivity contribution in [2.75, 3.05) is 0 Å². The van der Waals surface area contributed by atoms with Crippen molar-refractivity contribution >= 4 is 17.4 Å². The average Bonchev–Trinajstić information content (AvgIpc) is 0. The van der Waals surface area contributed by atoms with Gasteiger partial charge in [-0.05, 0) is 0 Å². The summed E-state index contributed by atoms with van der Waals surface area (Å²) in [4.78, 5) is 0. The third kappa shape index (κ3) is 27.7.